The molecule has 0 aromatic heterocycles. The molecule has 0 aliphatic carbocycles. The first-order valence-electron chi connectivity index (χ1n) is 7.22. The third kappa shape index (κ3) is 4.24. The molecule has 0 aliphatic rings. The minimum atomic E-state index is -6.17. The van der Waals surface area contributed by atoms with Crippen molar-refractivity contribution in [1.82, 2.24) is 0 Å². The van der Waals surface area contributed by atoms with Crippen molar-refractivity contribution in [1.29, 1.82) is 0 Å². The monoisotopic (exact) mass is 466 g/mol. The molecule has 0 radical (unpaired) electrons. The average molecular weight is 467 g/mol. The molecule has 0 aliphatic heterocycles. The minimum Gasteiger partial charge on any atom is -0.235 e. The van der Waals surface area contributed by atoms with Crippen molar-refractivity contribution < 1.29 is 38.9 Å². The summed E-state index contributed by atoms with van der Waals surface area (Å²) >= 11 is 11.2. The van der Waals surface area contributed by atoms with E-state index < -0.39 is 38.5 Å². The highest BCUT2D eigenvalue weighted by Gasteiger charge is 2.75. The summed E-state index contributed by atoms with van der Waals surface area (Å²) in [5.41, 5.74) is -6.23. The first kappa shape index (κ1) is 22.8. The Kier molecular flexibility index (Phi) is 6.02. The van der Waals surface area contributed by atoms with Crippen molar-refractivity contribution in [3.63, 3.8) is 0 Å². The molecule has 2 rings (SSSR count). The van der Waals surface area contributed by atoms with Crippen LogP contribution in [0.4, 0.5) is 26.3 Å². The van der Waals surface area contributed by atoms with E-state index in [1.165, 1.54) is 6.92 Å². The third-order valence-corrected chi connectivity index (χ3v) is 5.33. The fourth-order valence-electron chi connectivity index (χ4n) is 2.30. The summed E-state index contributed by atoms with van der Waals surface area (Å²) in [6, 6.07) is 5.21. The van der Waals surface area contributed by atoms with Crippen molar-refractivity contribution >= 4 is 33.3 Å². The Balaban J connectivity index is 2.77. The van der Waals surface area contributed by atoms with E-state index in [1.54, 1.807) is 0 Å². The van der Waals surface area contributed by atoms with Gasteiger partial charge in [-0.05, 0) is 25.1 Å². The minimum absolute atomic E-state index is 0.324. The van der Waals surface area contributed by atoms with Crippen LogP contribution in [0.5, 0.6) is 0 Å². The zero-order valence-electron chi connectivity index (χ0n) is 13.7. The standard InChI is InChI=1S/C16H10Cl2F6O3S/c1-9-2-4-10(5-3-9)14(15(19,20)21,16(22,23)24)27-28(25,26)13-7-11(17)6-12(18)8-13/h2-8H,1H3. The summed E-state index contributed by atoms with van der Waals surface area (Å²) in [5, 5.41) is -0.649. The summed E-state index contributed by atoms with van der Waals surface area (Å²) < 4.78 is 111. The molecule has 0 heterocycles. The Morgan fingerprint density at radius 3 is 1.64 bits per heavy atom. The number of aryl methyl sites for hydroxylation is 1. The van der Waals surface area contributed by atoms with Crippen LogP contribution in [-0.4, -0.2) is 20.8 Å². The van der Waals surface area contributed by atoms with E-state index in [0.717, 1.165) is 18.2 Å². The predicted molar refractivity (Wildman–Crippen MR) is 89.7 cm³/mol. The number of hydrogen-bond donors (Lipinski definition) is 0. The van der Waals surface area contributed by atoms with Crippen LogP contribution in [0.3, 0.4) is 0 Å². The van der Waals surface area contributed by atoms with Gasteiger partial charge in [-0.15, -0.1) is 0 Å². The van der Waals surface area contributed by atoms with Gasteiger partial charge in [-0.2, -0.15) is 34.8 Å². The number of benzene rings is 2. The number of hydrogen-bond acceptors (Lipinski definition) is 3. The lowest BCUT2D eigenvalue weighted by atomic mass is 9.92. The molecule has 2 aromatic rings. The van der Waals surface area contributed by atoms with Crippen molar-refractivity contribution in [2.75, 3.05) is 0 Å². The van der Waals surface area contributed by atoms with Crippen LogP contribution in [0.1, 0.15) is 11.1 Å². The van der Waals surface area contributed by atoms with Gasteiger partial charge in [0.1, 0.15) is 0 Å². The van der Waals surface area contributed by atoms with Crippen molar-refractivity contribution in [3.05, 3.63) is 63.6 Å². The van der Waals surface area contributed by atoms with E-state index in [0.29, 0.717) is 29.8 Å². The molecule has 0 atom stereocenters. The summed E-state index contributed by atoms with van der Waals surface area (Å²) in [4.78, 5) is -1.06. The molecular formula is C16H10Cl2F6O3S. The summed E-state index contributed by atoms with van der Waals surface area (Å²) in [5.74, 6) is 0. The van der Waals surface area contributed by atoms with E-state index >= 15 is 0 Å². The molecule has 0 saturated heterocycles. The highest BCUT2D eigenvalue weighted by molar-refractivity contribution is 7.86. The highest BCUT2D eigenvalue weighted by Crippen LogP contribution is 2.54. The van der Waals surface area contributed by atoms with E-state index in [1.807, 2.05) is 0 Å². The number of halogens is 8. The third-order valence-electron chi connectivity index (χ3n) is 3.62. The van der Waals surface area contributed by atoms with E-state index in [2.05, 4.69) is 4.18 Å². The Bertz CT molecular complexity index is 935. The quantitative estimate of drug-likeness (QED) is 0.408. The first-order chi connectivity index (χ1) is 12.6. The smallest absolute Gasteiger partial charge is 0.235 e. The van der Waals surface area contributed by atoms with Gasteiger partial charge in [-0.1, -0.05) is 53.0 Å². The van der Waals surface area contributed by atoms with Crippen LogP contribution < -0.4 is 0 Å². The van der Waals surface area contributed by atoms with Crippen LogP contribution in [0.2, 0.25) is 10.0 Å². The fourth-order valence-corrected chi connectivity index (χ4v) is 4.21. The van der Waals surface area contributed by atoms with Gasteiger partial charge in [0.25, 0.3) is 10.1 Å². The molecule has 0 N–H and O–H groups in total. The maximum absolute atomic E-state index is 13.7. The molecule has 28 heavy (non-hydrogen) atoms. The second-order valence-electron chi connectivity index (χ2n) is 5.69. The maximum atomic E-state index is 13.7. The highest BCUT2D eigenvalue weighted by atomic mass is 35.5. The molecule has 0 fully saturated rings. The van der Waals surface area contributed by atoms with E-state index in [4.69, 9.17) is 23.2 Å². The summed E-state index contributed by atoms with van der Waals surface area (Å²) in [6.07, 6.45) is -12.3. The lowest BCUT2D eigenvalue weighted by Gasteiger charge is -2.36. The lowest BCUT2D eigenvalue weighted by Crippen LogP contribution is -2.56. The molecule has 2 aromatic carbocycles. The van der Waals surface area contributed by atoms with Crippen LogP contribution in [0, 0.1) is 6.92 Å². The zero-order chi connectivity index (χ0) is 21.5. The molecule has 0 unspecified atom stereocenters. The van der Waals surface area contributed by atoms with Gasteiger partial charge >= 0.3 is 18.0 Å². The van der Waals surface area contributed by atoms with Gasteiger partial charge in [0.15, 0.2) is 0 Å². The lowest BCUT2D eigenvalue weighted by molar-refractivity contribution is -0.364. The molecule has 3 nitrogen and oxygen atoms in total. The molecular weight excluding hydrogens is 457 g/mol. The second-order valence-corrected chi connectivity index (χ2v) is 8.10. The normalized spacial score (nSPS) is 13.6. The summed E-state index contributed by atoms with van der Waals surface area (Å²) in [7, 11) is -5.60. The first-order valence-corrected chi connectivity index (χ1v) is 9.39. The van der Waals surface area contributed by atoms with Crippen LogP contribution in [0.15, 0.2) is 47.4 Å². The second kappa shape index (κ2) is 7.40. The number of alkyl halides is 6. The SMILES string of the molecule is Cc1ccc(C(OS(=O)(=O)c2cc(Cl)cc(Cl)c2)(C(F)(F)F)C(F)(F)F)cc1. The number of rotatable bonds is 4. The molecule has 0 spiro atoms. The Morgan fingerprint density at radius 1 is 0.821 bits per heavy atom. The average Bonchev–Trinajstić information content (AvgIpc) is 2.50. The zero-order valence-corrected chi connectivity index (χ0v) is 16.0. The Hall–Kier alpha value is -1.49. The maximum Gasteiger partial charge on any atom is 0.432 e. The molecule has 12 heteroatoms. The van der Waals surface area contributed by atoms with Gasteiger partial charge < -0.3 is 0 Å². The van der Waals surface area contributed by atoms with Gasteiger partial charge in [0.05, 0.1) is 4.90 Å². The Labute approximate surface area is 165 Å². The molecule has 0 saturated carbocycles. The molecule has 0 amide bonds. The largest absolute Gasteiger partial charge is 0.432 e. The fraction of sp³-hybridized carbons (Fsp3) is 0.250. The summed E-state index contributed by atoms with van der Waals surface area (Å²) in [6.45, 7) is 1.43. The van der Waals surface area contributed by atoms with Crippen molar-refractivity contribution in [2.45, 2.75) is 29.8 Å². The Morgan fingerprint density at radius 2 is 1.25 bits per heavy atom. The topological polar surface area (TPSA) is 43.4 Å². The predicted octanol–water partition coefficient (Wildman–Crippen LogP) is 6.03. The van der Waals surface area contributed by atoms with Gasteiger partial charge in [0.2, 0.25) is 0 Å². The molecule has 154 valence electrons. The van der Waals surface area contributed by atoms with E-state index in [9.17, 15) is 34.8 Å². The van der Waals surface area contributed by atoms with Crippen LogP contribution in [-0.2, 0) is 19.9 Å². The van der Waals surface area contributed by atoms with Crippen LogP contribution in [0.25, 0.3) is 0 Å². The van der Waals surface area contributed by atoms with Crippen LogP contribution >= 0.6 is 23.2 Å². The van der Waals surface area contributed by atoms with Gasteiger partial charge in [-0.3, -0.25) is 0 Å². The molecule has 0 bridgehead atoms. The van der Waals surface area contributed by atoms with Crippen molar-refractivity contribution in [3.8, 4) is 0 Å². The van der Waals surface area contributed by atoms with Gasteiger partial charge in [-0.25, -0.2) is 4.18 Å². The van der Waals surface area contributed by atoms with Crippen molar-refractivity contribution in [2.24, 2.45) is 0 Å². The van der Waals surface area contributed by atoms with E-state index in [-0.39, 0.29) is 10.0 Å². The van der Waals surface area contributed by atoms with Gasteiger partial charge in [0, 0.05) is 15.6 Å².